The van der Waals surface area contributed by atoms with E-state index < -0.39 is 197 Å². The predicted octanol–water partition coefficient (Wildman–Crippen LogP) is 29.4. The minimum Gasteiger partial charge on any atom is -0.493 e. The molecule has 0 radical (unpaired) electrons. The van der Waals surface area contributed by atoms with E-state index in [4.69, 9.17) is 33.3 Å². The fourth-order valence-corrected chi connectivity index (χ4v) is 16.6. The number of rotatable bonds is 15. The molecule has 15 aromatic carbocycles. The fraction of sp³-hybridized carbons (Fsp3) is 0.113. The zero-order valence-electron chi connectivity index (χ0n) is 97.1. The minimum atomic E-state index is -2.21. The zero-order valence-corrected chi connectivity index (χ0v) is 73.7. The van der Waals surface area contributed by atoms with Gasteiger partial charge in [0, 0.05) is 125 Å². The fourth-order valence-electron chi connectivity index (χ4n) is 16.6. The SMILES string of the molecule is [2H]c1c([2H])c([2H])c(-c2c([2H])c([2H])c([2H])c(-c3c([2H])c([2H])c([2H])c([2H])c3[2H])c2N2[CH-]N(c3[c-]c(C([2H])([2H])c4[c-]c5c(cc4)c4ccccc4n5-c4cc(C(C)(C)C)ccn4)ccc3)c3ccccc32)c([2H])c1[2H].[2H]c1c([2H])c([2H])c(-c2c([2H])c([2H])c([2H])c(-c3c([2H])c([2H])c([2H])c([2H])c3[2H])c2N2[CH-]N(c3[c-]c(Cc4[c-]c5c(cc4)c4ccccc4n5-c4cc(C(C)(C)C)ccn4)cc(-c4c(C)cc(C)cc4C)c3)c3ccccc32)c([2H])c1[2H].[Pt].[Pt]. The zero-order chi connectivity index (χ0) is 108. The average molecular weight is 2000 g/mol. The molecular formula is C115H92N8Pt2-6. The second-order valence-electron chi connectivity index (χ2n) is 32.3. The van der Waals surface area contributed by atoms with E-state index in [-0.39, 0.29) is 86.6 Å². The maximum absolute atomic E-state index is 9.71. The molecule has 6 heterocycles. The summed E-state index contributed by atoms with van der Waals surface area (Å²) in [5, 5.41) is 3.88. The quantitative estimate of drug-likeness (QED) is 0.0954. The van der Waals surface area contributed by atoms with Crippen LogP contribution in [0.25, 0.3) is 111 Å². The van der Waals surface area contributed by atoms with Gasteiger partial charge in [0.1, 0.15) is 11.6 Å². The van der Waals surface area contributed by atoms with Gasteiger partial charge in [-0.05, 0) is 166 Å². The molecule has 2 aliphatic rings. The largest absolute Gasteiger partial charge is 0.493 e. The van der Waals surface area contributed by atoms with E-state index >= 15 is 0 Å². The van der Waals surface area contributed by atoms with Crippen LogP contribution in [0.15, 0.2) is 358 Å². The number of fused-ring (bicyclic) bond motifs is 8. The van der Waals surface area contributed by atoms with Crippen LogP contribution in [0.3, 0.4) is 0 Å². The van der Waals surface area contributed by atoms with E-state index in [1.807, 2.05) is 94.5 Å². The number of pyridine rings is 2. The van der Waals surface area contributed by atoms with Crippen LogP contribution in [0.4, 0.5) is 45.5 Å². The van der Waals surface area contributed by atoms with Gasteiger partial charge in [0.05, 0.1) is 35.6 Å². The van der Waals surface area contributed by atoms with Crippen molar-refractivity contribution in [1.82, 2.24) is 19.1 Å². The number of aromatic nitrogens is 4. The Labute approximate surface area is 802 Å². The van der Waals surface area contributed by atoms with Crippen molar-refractivity contribution in [3.63, 3.8) is 0 Å². The van der Waals surface area contributed by atoms with E-state index in [9.17, 15) is 15.1 Å². The van der Waals surface area contributed by atoms with Crippen molar-refractivity contribution in [1.29, 1.82) is 0 Å². The van der Waals surface area contributed by atoms with Crippen molar-refractivity contribution in [2.75, 3.05) is 19.6 Å². The van der Waals surface area contributed by atoms with Crippen LogP contribution in [0.5, 0.6) is 0 Å². The minimum absolute atomic E-state index is 0. The first-order valence-electron chi connectivity index (χ1n) is 54.2. The molecule has 19 aromatic rings. The van der Waals surface area contributed by atoms with Crippen LogP contribution in [-0.4, -0.2) is 19.1 Å². The molecule has 0 unspecified atom stereocenters. The Bertz CT molecular complexity index is 8720. The van der Waals surface area contributed by atoms with Crippen LogP contribution in [0, 0.1) is 58.4 Å². The van der Waals surface area contributed by atoms with Crippen LogP contribution in [0.1, 0.15) is 130 Å². The molecule has 0 amide bonds. The topological polar surface area (TPSA) is 48.6 Å². The summed E-state index contributed by atoms with van der Waals surface area (Å²) in [6.07, 6.45) is 1.79. The summed E-state index contributed by atoms with van der Waals surface area (Å²) in [6, 6.07) is 54.8. The standard InChI is InChI=1S/C62H51N4.C53H41N4.2Pt/c1-41-32-42(2)60(43(3)33-41)48-35-45(34-44-28-29-54-53-22-13-14-25-55(53)66(58(54)37-44)59-39-49(30-31-63-59)62(4,5)6)36-50(38-48)64-40-65(57-27-16-15-26-56(57)64)61-51(46-18-9-7-10-19-46)23-17-24-52(61)47-20-11-8-12-21-47;1-53(2,3)41-30-31-54-51(35-41)57-47-25-11-10-22-45(47)46-29-28-38(34-50(46)57)32-37-16-14-21-42(33-37)55-36-56(49-27-13-12-26-48(49)55)52-43(39-17-6-4-7-18-39)23-15-24-44(52)40-19-8-5-9-20-40;;/h7-33,35,38-40H,34H2,1-6H3;4-31,35-36H,32H2,1-3H3;;/q2*-3;;/i7D,8D,9D,10D,11D,12D,17D,18D,19D,20D,21D,23D,24D;4D,5D,6D,7D,8D,9D,15D,17D,18D,19D,20D,23D,24D,32D2;;. The Morgan fingerprint density at radius 1 is 0.344 bits per heavy atom. The molecule has 618 valence electrons. The van der Waals surface area contributed by atoms with E-state index in [1.54, 1.807) is 83.3 Å². The van der Waals surface area contributed by atoms with Crippen molar-refractivity contribution in [3.8, 4) is 67.3 Å². The summed E-state index contributed by atoms with van der Waals surface area (Å²) in [7, 11) is 0. The summed E-state index contributed by atoms with van der Waals surface area (Å²) < 4.78 is 255. The molecule has 0 saturated carbocycles. The third kappa shape index (κ3) is 15.9. The smallest absolute Gasteiger partial charge is 0.135 e. The van der Waals surface area contributed by atoms with Crippen molar-refractivity contribution in [2.24, 2.45) is 0 Å². The number of aryl methyl sites for hydroxylation is 3. The maximum atomic E-state index is 9.71. The van der Waals surface area contributed by atoms with Gasteiger partial charge in [0.25, 0.3) is 0 Å². The number of nitrogens with zero attached hydrogens (tertiary/aromatic N) is 8. The van der Waals surface area contributed by atoms with Gasteiger partial charge in [-0.2, -0.15) is 95.1 Å². The van der Waals surface area contributed by atoms with Gasteiger partial charge in [-0.3, -0.25) is 0 Å². The summed E-state index contributed by atoms with van der Waals surface area (Å²) >= 11 is 0. The Morgan fingerprint density at radius 3 is 1.18 bits per heavy atom. The normalized spacial score (nSPS) is 15.8. The van der Waals surface area contributed by atoms with Gasteiger partial charge in [-0.1, -0.05) is 288 Å². The van der Waals surface area contributed by atoms with Gasteiger partial charge in [-0.15, -0.1) is 47.1 Å². The van der Waals surface area contributed by atoms with E-state index in [0.29, 0.717) is 51.9 Å². The van der Waals surface area contributed by atoms with Gasteiger partial charge in [0.15, 0.2) is 0 Å². The second kappa shape index (κ2) is 34.5. The molecule has 0 spiro atoms. The third-order valence-electron chi connectivity index (χ3n) is 22.2. The molecule has 8 nitrogen and oxygen atoms in total. The maximum Gasteiger partial charge on any atom is 0.135 e. The Morgan fingerprint density at radius 2 is 0.736 bits per heavy atom. The van der Waals surface area contributed by atoms with Gasteiger partial charge in [-0.25, -0.2) is 9.97 Å². The van der Waals surface area contributed by atoms with E-state index in [1.165, 1.54) is 11.6 Å². The van der Waals surface area contributed by atoms with Crippen LogP contribution >= 0.6 is 0 Å². The number of hydrogen-bond acceptors (Lipinski definition) is 6. The molecule has 0 saturated heterocycles. The summed E-state index contributed by atoms with van der Waals surface area (Å²) in [4.78, 5) is 16.1. The second-order valence-corrected chi connectivity index (χ2v) is 32.3. The Hall–Kier alpha value is -13.2. The van der Waals surface area contributed by atoms with Crippen molar-refractivity contribution >= 4 is 89.1 Å². The third-order valence-corrected chi connectivity index (χ3v) is 22.2. The molecule has 0 bridgehead atoms. The van der Waals surface area contributed by atoms with E-state index in [0.717, 1.165) is 94.0 Å². The first-order chi connectivity index (χ1) is 71.5. The van der Waals surface area contributed by atoms with Gasteiger partial charge < -0.3 is 28.7 Å². The Kier molecular flexibility index (Phi) is 15.4. The number of para-hydroxylation sites is 8. The molecule has 4 aromatic heterocycles. The van der Waals surface area contributed by atoms with Crippen molar-refractivity contribution in [2.45, 2.75) is 85.9 Å². The van der Waals surface area contributed by atoms with Crippen molar-refractivity contribution in [3.05, 3.63) is 445 Å². The molecule has 0 N–H and O–H groups in total. The van der Waals surface area contributed by atoms with Crippen molar-refractivity contribution < 1.29 is 80.5 Å². The van der Waals surface area contributed by atoms with E-state index in [2.05, 4.69) is 140 Å². The number of anilines is 8. The summed E-state index contributed by atoms with van der Waals surface area (Å²) in [5.41, 5.74) is 10.8. The number of benzene rings is 15. The molecule has 21 rings (SSSR count). The molecule has 0 fully saturated rings. The Balaban J connectivity index is 0.000000197. The summed E-state index contributed by atoms with van der Waals surface area (Å²) in [5.74, 6) is 1.43. The van der Waals surface area contributed by atoms with Gasteiger partial charge >= 0.3 is 0 Å². The van der Waals surface area contributed by atoms with Gasteiger partial charge in [0.2, 0.25) is 0 Å². The number of hydrogen-bond donors (Lipinski definition) is 0. The monoisotopic (exact) mass is 2000 g/mol. The average Bonchev–Trinajstić information content (AvgIpc) is 1.70. The molecule has 10 heteroatoms. The van der Waals surface area contributed by atoms with Crippen LogP contribution in [-0.2, 0) is 65.8 Å². The van der Waals surface area contributed by atoms with Crippen LogP contribution in [0.2, 0.25) is 0 Å². The molecular weight excluding hydrogens is 1880 g/mol. The molecule has 125 heavy (non-hydrogen) atoms. The predicted molar refractivity (Wildman–Crippen MR) is 513 cm³/mol. The first-order valence-corrected chi connectivity index (χ1v) is 40.2. The summed E-state index contributed by atoms with van der Waals surface area (Å²) in [6.45, 7) is 22.2. The molecule has 0 atom stereocenters. The van der Waals surface area contributed by atoms with Crippen LogP contribution < -0.4 is 19.6 Å². The first kappa shape index (κ1) is 55.8. The molecule has 0 aliphatic carbocycles. The molecule has 2 aliphatic heterocycles.